The van der Waals surface area contributed by atoms with Gasteiger partial charge in [0, 0.05) is 6.54 Å². The standard InChI is InChI=1S/C13H16N4O/c1-9-5-3-4-6-11(9)7-8-14-13(18)12-15-10(2)16-17-12/h3-6H,7-8H2,1-2H3,(H,14,18)(H,15,16,17). The van der Waals surface area contributed by atoms with E-state index in [1.54, 1.807) is 6.92 Å². The summed E-state index contributed by atoms with van der Waals surface area (Å²) in [4.78, 5) is 15.7. The Morgan fingerprint density at radius 2 is 2.11 bits per heavy atom. The second-order valence-corrected chi connectivity index (χ2v) is 4.18. The molecule has 0 fully saturated rings. The highest BCUT2D eigenvalue weighted by atomic mass is 16.2. The van der Waals surface area contributed by atoms with Crippen LogP contribution in [0.4, 0.5) is 0 Å². The summed E-state index contributed by atoms with van der Waals surface area (Å²) < 4.78 is 0. The maximum absolute atomic E-state index is 11.7. The van der Waals surface area contributed by atoms with E-state index in [-0.39, 0.29) is 11.7 Å². The fourth-order valence-electron chi connectivity index (χ4n) is 1.72. The van der Waals surface area contributed by atoms with Crippen LogP contribution in [0.3, 0.4) is 0 Å². The minimum absolute atomic E-state index is 0.192. The lowest BCUT2D eigenvalue weighted by atomic mass is 10.1. The van der Waals surface area contributed by atoms with Crippen molar-refractivity contribution < 1.29 is 4.79 Å². The van der Waals surface area contributed by atoms with E-state index in [9.17, 15) is 4.79 Å². The van der Waals surface area contributed by atoms with E-state index in [4.69, 9.17) is 0 Å². The number of nitrogens with one attached hydrogen (secondary N) is 2. The van der Waals surface area contributed by atoms with Crippen molar-refractivity contribution in [3.63, 3.8) is 0 Å². The minimum atomic E-state index is -0.243. The maximum atomic E-state index is 11.7. The van der Waals surface area contributed by atoms with Crippen molar-refractivity contribution in [2.75, 3.05) is 6.54 Å². The van der Waals surface area contributed by atoms with Crippen LogP contribution in [-0.2, 0) is 6.42 Å². The van der Waals surface area contributed by atoms with Crippen LogP contribution < -0.4 is 5.32 Å². The van der Waals surface area contributed by atoms with Gasteiger partial charge in [0.15, 0.2) is 0 Å². The number of hydrogen-bond acceptors (Lipinski definition) is 3. The lowest BCUT2D eigenvalue weighted by molar-refractivity contribution is 0.0944. The molecule has 0 radical (unpaired) electrons. The number of nitrogens with zero attached hydrogens (tertiary/aromatic N) is 2. The van der Waals surface area contributed by atoms with Gasteiger partial charge in [-0.15, -0.1) is 5.10 Å². The number of amides is 1. The summed E-state index contributed by atoms with van der Waals surface area (Å²) in [6, 6.07) is 8.14. The molecule has 94 valence electrons. The normalized spacial score (nSPS) is 10.3. The zero-order chi connectivity index (χ0) is 13.0. The highest BCUT2D eigenvalue weighted by Crippen LogP contribution is 2.06. The van der Waals surface area contributed by atoms with Gasteiger partial charge in [-0.05, 0) is 31.4 Å². The molecular weight excluding hydrogens is 228 g/mol. The zero-order valence-electron chi connectivity index (χ0n) is 10.5. The highest BCUT2D eigenvalue weighted by molar-refractivity contribution is 5.90. The van der Waals surface area contributed by atoms with Crippen LogP contribution in [0.5, 0.6) is 0 Å². The molecule has 2 aromatic rings. The molecular formula is C13H16N4O. The second-order valence-electron chi connectivity index (χ2n) is 4.18. The largest absolute Gasteiger partial charge is 0.349 e. The first-order valence-corrected chi connectivity index (χ1v) is 5.88. The van der Waals surface area contributed by atoms with Gasteiger partial charge in [0.2, 0.25) is 5.82 Å². The third-order valence-electron chi connectivity index (χ3n) is 2.74. The Hall–Kier alpha value is -2.17. The molecule has 0 spiro atoms. The molecule has 2 rings (SSSR count). The predicted octanol–water partition coefficient (Wildman–Crippen LogP) is 1.39. The number of aromatic nitrogens is 3. The van der Waals surface area contributed by atoms with Crippen molar-refractivity contribution in [2.45, 2.75) is 20.3 Å². The zero-order valence-corrected chi connectivity index (χ0v) is 10.5. The summed E-state index contributed by atoms with van der Waals surface area (Å²) in [5, 5.41) is 9.26. The van der Waals surface area contributed by atoms with Gasteiger partial charge in [-0.2, -0.15) is 0 Å². The summed E-state index contributed by atoms with van der Waals surface area (Å²) in [6.07, 6.45) is 0.807. The molecule has 0 atom stereocenters. The Morgan fingerprint density at radius 3 is 2.78 bits per heavy atom. The third kappa shape index (κ3) is 2.94. The van der Waals surface area contributed by atoms with Gasteiger partial charge in [0.05, 0.1) is 0 Å². The van der Waals surface area contributed by atoms with Gasteiger partial charge >= 0.3 is 0 Å². The van der Waals surface area contributed by atoms with Crippen molar-refractivity contribution >= 4 is 5.91 Å². The monoisotopic (exact) mass is 244 g/mol. The Balaban J connectivity index is 1.86. The summed E-state index contributed by atoms with van der Waals surface area (Å²) in [5.41, 5.74) is 2.48. The van der Waals surface area contributed by atoms with Crippen LogP contribution in [-0.4, -0.2) is 27.6 Å². The Bertz CT molecular complexity index is 547. The van der Waals surface area contributed by atoms with Gasteiger partial charge < -0.3 is 5.32 Å². The number of aromatic amines is 1. The van der Waals surface area contributed by atoms with E-state index >= 15 is 0 Å². The molecule has 0 saturated carbocycles. The van der Waals surface area contributed by atoms with Crippen LogP contribution in [0, 0.1) is 13.8 Å². The molecule has 1 heterocycles. The number of benzene rings is 1. The molecule has 5 heteroatoms. The second kappa shape index (κ2) is 5.44. The fraction of sp³-hybridized carbons (Fsp3) is 0.308. The quantitative estimate of drug-likeness (QED) is 0.854. The summed E-state index contributed by atoms with van der Waals surface area (Å²) in [7, 11) is 0. The molecule has 1 aromatic carbocycles. The summed E-state index contributed by atoms with van der Waals surface area (Å²) in [5.74, 6) is 0.587. The van der Waals surface area contributed by atoms with Crippen LogP contribution in [0.25, 0.3) is 0 Å². The van der Waals surface area contributed by atoms with Crippen molar-refractivity contribution in [3.8, 4) is 0 Å². The predicted molar refractivity (Wildman–Crippen MR) is 68.3 cm³/mol. The van der Waals surface area contributed by atoms with Crippen LogP contribution in [0.1, 0.15) is 27.6 Å². The smallest absolute Gasteiger partial charge is 0.290 e. The first-order chi connectivity index (χ1) is 8.66. The number of rotatable bonds is 4. The molecule has 0 saturated heterocycles. The van der Waals surface area contributed by atoms with Crippen LogP contribution >= 0.6 is 0 Å². The molecule has 1 amide bonds. The minimum Gasteiger partial charge on any atom is -0.349 e. The van der Waals surface area contributed by atoms with Crippen LogP contribution in [0.2, 0.25) is 0 Å². The first kappa shape index (κ1) is 12.3. The van der Waals surface area contributed by atoms with Crippen molar-refractivity contribution in [1.29, 1.82) is 0 Å². The van der Waals surface area contributed by atoms with Gasteiger partial charge in [-0.25, -0.2) is 4.98 Å². The summed E-state index contributed by atoms with van der Waals surface area (Å²) >= 11 is 0. The maximum Gasteiger partial charge on any atom is 0.290 e. The number of carbonyl (C=O) groups is 1. The van der Waals surface area contributed by atoms with Gasteiger partial charge in [0.1, 0.15) is 5.82 Å². The lowest BCUT2D eigenvalue weighted by Crippen LogP contribution is -2.26. The summed E-state index contributed by atoms with van der Waals surface area (Å²) in [6.45, 7) is 4.41. The highest BCUT2D eigenvalue weighted by Gasteiger charge is 2.10. The SMILES string of the molecule is Cc1nc(C(=O)NCCc2ccccc2C)n[nH]1. The average Bonchev–Trinajstić information content (AvgIpc) is 2.78. The molecule has 2 N–H and O–H groups in total. The van der Waals surface area contributed by atoms with Gasteiger partial charge in [-0.3, -0.25) is 9.89 Å². The lowest BCUT2D eigenvalue weighted by Gasteiger charge is -2.05. The Labute approximate surface area is 106 Å². The first-order valence-electron chi connectivity index (χ1n) is 5.88. The van der Waals surface area contributed by atoms with E-state index < -0.39 is 0 Å². The van der Waals surface area contributed by atoms with Crippen molar-refractivity contribution in [1.82, 2.24) is 20.5 Å². The average molecular weight is 244 g/mol. The number of hydrogen-bond donors (Lipinski definition) is 2. The molecule has 0 aliphatic rings. The molecule has 0 aliphatic carbocycles. The number of aryl methyl sites for hydroxylation is 2. The fourth-order valence-corrected chi connectivity index (χ4v) is 1.72. The van der Waals surface area contributed by atoms with E-state index in [1.165, 1.54) is 11.1 Å². The Kier molecular flexibility index (Phi) is 3.72. The molecule has 0 unspecified atom stereocenters. The van der Waals surface area contributed by atoms with Gasteiger partial charge in [-0.1, -0.05) is 24.3 Å². The number of H-pyrrole nitrogens is 1. The van der Waals surface area contributed by atoms with E-state index in [0.29, 0.717) is 12.4 Å². The third-order valence-corrected chi connectivity index (χ3v) is 2.74. The van der Waals surface area contributed by atoms with Crippen LogP contribution in [0.15, 0.2) is 24.3 Å². The molecule has 5 nitrogen and oxygen atoms in total. The van der Waals surface area contributed by atoms with Crippen molar-refractivity contribution in [2.24, 2.45) is 0 Å². The number of carbonyl (C=O) groups excluding carboxylic acids is 1. The molecule has 1 aromatic heterocycles. The van der Waals surface area contributed by atoms with Crippen molar-refractivity contribution in [3.05, 3.63) is 47.0 Å². The molecule has 0 bridgehead atoms. The topological polar surface area (TPSA) is 70.7 Å². The van der Waals surface area contributed by atoms with E-state index in [2.05, 4.69) is 39.6 Å². The molecule has 0 aliphatic heterocycles. The van der Waals surface area contributed by atoms with E-state index in [1.807, 2.05) is 12.1 Å². The Morgan fingerprint density at radius 1 is 1.33 bits per heavy atom. The molecule has 18 heavy (non-hydrogen) atoms. The van der Waals surface area contributed by atoms with Gasteiger partial charge in [0.25, 0.3) is 5.91 Å². The van der Waals surface area contributed by atoms with E-state index in [0.717, 1.165) is 6.42 Å².